The Morgan fingerprint density at radius 2 is 2.40 bits per heavy atom. The summed E-state index contributed by atoms with van der Waals surface area (Å²) in [4.78, 5) is 0. The van der Waals surface area contributed by atoms with Crippen LogP contribution in [-0.2, 0) is 0 Å². The molecule has 0 aromatic rings. The van der Waals surface area contributed by atoms with Crippen molar-refractivity contribution in [3.05, 3.63) is 23.4 Å². The Hall–Kier alpha value is -0.720. The first-order chi connectivity index (χ1) is 7.09. The van der Waals surface area contributed by atoms with Gasteiger partial charge in [-0.2, -0.15) is 0 Å². The smallest absolute Gasteiger partial charge is 0.000833 e. The number of hydrogen-bond donors (Lipinski definition) is 1. The van der Waals surface area contributed by atoms with E-state index in [0.717, 1.165) is 24.0 Å². The molecule has 15 heavy (non-hydrogen) atoms. The Labute approximate surface area is 94.4 Å². The number of rotatable bonds is 4. The molecule has 0 radical (unpaired) electrons. The van der Waals surface area contributed by atoms with Crippen LogP contribution in [0.15, 0.2) is 23.4 Å². The zero-order chi connectivity index (χ0) is 11.3. The summed E-state index contributed by atoms with van der Waals surface area (Å²) in [5.41, 5.74) is 8.17. The molecule has 86 valence electrons. The molecule has 2 N–H and O–H groups in total. The molecule has 0 aliphatic heterocycles. The van der Waals surface area contributed by atoms with Gasteiger partial charge in [-0.25, -0.2) is 0 Å². The SMILES string of the molecule is CC1=CCC(C(C)CC/C=C(/C)N)CC1. The predicted molar refractivity (Wildman–Crippen MR) is 67.4 cm³/mol. The van der Waals surface area contributed by atoms with Gasteiger partial charge in [-0.3, -0.25) is 0 Å². The molecule has 1 nitrogen and oxygen atoms in total. The van der Waals surface area contributed by atoms with E-state index >= 15 is 0 Å². The van der Waals surface area contributed by atoms with Crippen molar-refractivity contribution >= 4 is 0 Å². The average molecular weight is 207 g/mol. The molecular formula is C14H25N. The molecule has 0 saturated carbocycles. The van der Waals surface area contributed by atoms with E-state index in [0.29, 0.717) is 0 Å². The molecule has 2 unspecified atom stereocenters. The average Bonchev–Trinajstić information content (AvgIpc) is 2.18. The van der Waals surface area contributed by atoms with Crippen molar-refractivity contribution in [2.45, 2.75) is 52.9 Å². The lowest BCUT2D eigenvalue weighted by Crippen LogP contribution is -2.14. The minimum atomic E-state index is 0.838. The molecule has 1 aliphatic carbocycles. The van der Waals surface area contributed by atoms with Crippen LogP contribution in [0.4, 0.5) is 0 Å². The zero-order valence-electron chi connectivity index (χ0n) is 10.4. The molecular weight excluding hydrogens is 182 g/mol. The summed E-state index contributed by atoms with van der Waals surface area (Å²) in [6.07, 6.45) is 11.0. The third kappa shape index (κ3) is 4.55. The molecule has 1 rings (SSSR count). The summed E-state index contributed by atoms with van der Waals surface area (Å²) in [6.45, 7) is 6.61. The van der Waals surface area contributed by atoms with Gasteiger partial charge in [0.25, 0.3) is 0 Å². The summed E-state index contributed by atoms with van der Waals surface area (Å²) < 4.78 is 0. The van der Waals surface area contributed by atoms with Crippen LogP contribution in [0.25, 0.3) is 0 Å². The topological polar surface area (TPSA) is 26.0 Å². The van der Waals surface area contributed by atoms with Gasteiger partial charge in [0.1, 0.15) is 0 Å². The largest absolute Gasteiger partial charge is 0.403 e. The van der Waals surface area contributed by atoms with Crippen molar-refractivity contribution in [2.75, 3.05) is 0 Å². The van der Waals surface area contributed by atoms with E-state index in [4.69, 9.17) is 5.73 Å². The maximum absolute atomic E-state index is 5.63. The summed E-state index contributed by atoms with van der Waals surface area (Å²) in [5.74, 6) is 1.74. The van der Waals surface area contributed by atoms with Crippen LogP contribution < -0.4 is 5.73 Å². The highest BCUT2D eigenvalue weighted by Gasteiger charge is 2.18. The van der Waals surface area contributed by atoms with E-state index < -0.39 is 0 Å². The van der Waals surface area contributed by atoms with Crippen LogP contribution in [-0.4, -0.2) is 0 Å². The maximum Gasteiger partial charge on any atom is 0.000833 e. The summed E-state index contributed by atoms with van der Waals surface area (Å²) >= 11 is 0. The van der Waals surface area contributed by atoms with Gasteiger partial charge in [-0.15, -0.1) is 0 Å². The second-order valence-electron chi connectivity index (χ2n) is 5.09. The van der Waals surface area contributed by atoms with Crippen LogP contribution in [0.3, 0.4) is 0 Å². The minimum absolute atomic E-state index is 0.838. The highest BCUT2D eigenvalue weighted by Crippen LogP contribution is 2.31. The molecule has 2 atom stereocenters. The maximum atomic E-state index is 5.63. The standard InChI is InChI=1S/C14H25N/c1-11-7-9-14(10-8-11)12(2)5-4-6-13(3)15/h6-7,12,14H,4-5,8-10,15H2,1-3H3/b13-6-. The Morgan fingerprint density at radius 1 is 1.67 bits per heavy atom. The van der Waals surface area contributed by atoms with Crippen LogP contribution >= 0.6 is 0 Å². The van der Waals surface area contributed by atoms with Gasteiger partial charge in [0.05, 0.1) is 0 Å². The molecule has 0 spiro atoms. The van der Waals surface area contributed by atoms with Crippen molar-refractivity contribution in [1.82, 2.24) is 0 Å². The van der Waals surface area contributed by atoms with E-state index in [1.807, 2.05) is 6.92 Å². The van der Waals surface area contributed by atoms with Crippen LogP contribution in [0.1, 0.15) is 52.9 Å². The fourth-order valence-electron chi connectivity index (χ4n) is 2.31. The monoisotopic (exact) mass is 207 g/mol. The van der Waals surface area contributed by atoms with E-state index in [9.17, 15) is 0 Å². The van der Waals surface area contributed by atoms with Gasteiger partial charge >= 0.3 is 0 Å². The zero-order valence-corrected chi connectivity index (χ0v) is 10.4. The molecule has 0 fully saturated rings. The quantitative estimate of drug-likeness (QED) is 0.692. The Kier molecular flexibility index (Phi) is 4.93. The van der Waals surface area contributed by atoms with E-state index in [1.165, 1.54) is 25.7 Å². The highest BCUT2D eigenvalue weighted by molar-refractivity contribution is 5.03. The second-order valence-corrected chi connectivity index (χ2v) is 5.09. The summed E-state index contributed by atoms with van der Waals surface area (Å²) in [5, 5.41) is 0. The Balaban J connectivity index is 2.29. The van der Waals surface area contributed by atoms with Gasteiger partial charge in [0.15, 0.2) is 0 Å². The molecule has 0 aromatic carbocycles. The predicted octanol–water partition coefficient (Wildman–Crippen LogP) is 4.01. The van der Waals surface area contributed by atoms with Crippen LogP contribution in [0, 0.1) is 11.8 Å². The summed E-state index contributed by atoms with van der Waals surface area (Å²) in [6, 6.07) is 0. The van der Waals surface area contributed by atoms with Gasteiger partial charge in [0.2, 0.25) is 0 Å². The van der Waals surface area contributed by atoms with Gasteiger partial charge in [-0.05, 0) is 57.8 Å². The molecule has 0 bridgehead atoms. The number of hydrogen-bond acceptors (Lipinski definition) is 1. The molecule has 1 aliphatic rings. The number of allylic oxidation sites excluding steroid dienone is 4. The van der Waals surface area contributed by atoms with E-state index in [2.05, 4.69) is 26.0 Å². The molecule has 0 saturated heterocycles. The third-order valence-corrected chi connectivity index (χ3v) is 3.57. The van der Waals surface area contributed by atoms with E-state index in [1.54, 1.807) is 5.57 Å². The first-order valence-corrected chi connectivity index (χ1v) is 6.17. The van der Waals surface area contributed by atoms with Crippen molar-refractivity contribution in [1.29, 1.82) is 0 Å². The Morgan fingerprint density at radius 3 is 2.93 bits per heavy atom. The Bertz CT molecular complexity index is 246. The minimum Gasteiger partial charge on any atom is -0.403 e. The van der Waals surface area contributed by atoms with Crippen LogP contribution in [0.2, 0.25) is 0 Å². The van der Waals surface area contributed by atoms with Crippen molar-refractivity contribution < 1.29 is 0 Å². The normalized spacial score (nSPS) is 24.9. The summed E-state index contributed by atoms with van der Waals surface area (Å²) in [7, 11) is 0. The van der Waals surface area contributed by atoms with Gasteiger partial charge < -0.3 is 5.73 Å². The lowest BCUT2D eigenvalue weighted by Gasteiger charge is -2.26. The first-order valence-electron chi connectivity index (χ1n) is 6.17. The van der Waals surface area contributed by atoms with Gasteiger partial charge in [-0.1, -0.05) is 24.6 Å². The van der Waals surface area contributed by atoms with Gasteiger partial charge in [0, 0.05) is 5.70 Å². The van der Waals surface area contributed by atoms with Crippen molar-refractivity contribution in [2.24, 2.45) is 17.6 Å². The lowest BCUT2D eigenvalue weighted by molar-refractivity contribution is 0.312. The highest BCUT2D eigenvalue weighted by atomic mass is 14.5. The second kappa shape index (κ2) is 5.99. The third-order valence-electron chi connectivity index (χ3n) is 3.57. The van der Waals surface area contributed by atoms with Crippen molar-refractivity contribution in [3.63, 3.8) is 0 Å². The number of nitrogens with two attached hydrogens (primary N) is 1. The van der Waals surface area contributed by atoms with Crippen LogP contribution in [0.5, 0.6) is 0 Å². The van der Waals surface area contributed by atoms with E-state index in [-0.39, 0.29) is 0 Å². The molecule has 1 heteroatoms. The first kappa shape index (κ1) is 12.4. The fraction of sp³-hybridized carbons (Fsp3) is 0.714. The lowest BCUT2D eigenvalue weighted by atomic mass is 9.80. The molecule has 0 heterocycles. The van der Waals surface area contributed by atoms with Crippen molar-refractivity contribution in [3.8, 4) is 0 Å². The fourth-order valence-corrected chi connectivity index (χ4v) is 2.31. The molecule has 0 aromatic heterocycles. The molecule has 0 amide bonds.